The topological polar surface area (TPSA) is 39.3 Å². The average molecular weight is 160 g/mol. The van der Waals surface area contributed by atoms with Gasteiger partial charge in [-0.3, -0.25) is 0 Å². The quantitative estimate of drug-likeness (QED) is 0.441. The van der Waals surface area contributed by atoms with Gasteiger partial charge in [0, 0.05) is 26.2 Å². The highest BCUT2D eigenvalue weighted by Crippen LogP contribution is 1.73. The highest BCUT2D eigenvalue weighted by Gasteiger charge is 1.97. The lowest BCUT2D eigenvalue weighted by atomic mass is 10.6. The Morgan fingerprint density at radius 2 is 1.64 bits per heavy atom. The van der Waals surface area contributed by atoms with E-state index in [1.165, 1.54) is 0 Å². The van der Waals surface area contributed by atoms with Crippen LogP contribution in [0.1, 0.15) is 13.8 Å². The second kappa shape index (κ2) is 7.94. The average Bonchev–Trinajstić information content (AvgIpc) is 2.01. The van der Waals surface area contributed by atoms with Crippen molar-refractivity contribution in [3.63, 3.8) is 0 Å². The molecule has 3 N–H and O–H groups in total. The van der Waals surface area contributed by atoms with Gasteiger partial charge in [-0.15, -0.1) is 0 Å². The molecule has 0 aromatic heterocycles. The predicted molar refractivity (Wildman–Crippen MR) is 48.0 cm³/mol. The third kappa shape index (κ3) is 6.25. The van der Waals surface area contributed by atoms with Crippen LogP contribution in [-0.4, -0.2) is 38.3 Å². The van der Waals surface area contributed by atoms with E-state index in [4.69, 9.17) is 0 Å². The summed E-state index contributed by atoms with van der Waals surface area (Å²) < 4.78 is 0. The van der Waals surface area contributed by atoms with E-state index in [2.05, 4.69) is 30.0 Å². The Balaban J connectivity index is 3.34. The first-order valence-electron chi connectivity index (χ1n) is 4.24. The lowest BCUT2D eigenvalue weighted by Crippen LogP contribution is -2.50. The van der Waals surface area contributed by atoms with Gasteiger partial charge in [0.25, 0.3) is 0 Å². The van der Waals surface area contributed by atoms with Gasteiger partial charge in [0.15, 0.2) is 0 Å². The van der Waals surface area contributed by atoms with Gasteiger partial charge in [0.05, 0.1) is 0 Å². The van der Waals surface area contributed by atoms with Gasteiger partial charge in [-0.1, -0.05) is 13.8 Å². The van der Waals surface area contributed by atoms with Gasteiger partial charge in [-0.05, 0) is 7.05 Å². The molecule has 68 valence electrons. The Kier molecular flexibility index (Phi) is 7.83. The van der Waals surface area contributed by atoms with E-state index in [9.17, 15) is 0 Å². The molecule has 0 saturated heterocycles. The molecule has 0 aliphatic carbocycles. The number of hydrazine groups is 2. The molecule has 11 heavy (non-hydrogen) atoms. The monoisotopic (exact) mass is 160 g/mol. The molecule has 0 saturated carbocycles. The normalized spacial score (nSPS) is 10.9. The highest BCUT2D eigenvalue weighted by molar-refractivity contribution is 4.46. The lowest BCUT2D eigenvalue weighted by Gasteiger charge is -2.22. The largest absolute Gasteiger partial charge is 0.318 e. The second-order valence-corrected chi connectivity index (χ2v) is 2.28. The van der Waals surface area contributed by atoms with Crippen LogP contribution in [0.5, 0.6) is 0 Å². The molecule has 0 rings (SSSR count). The fraction of sp³-hybridized carbons (Fsp3) is 1.00. The zero-order chi connectivity index (χ0) is 8.53. The number of hydrogen-bond acceptors (Lipinski definition) is 4. The lowest BCUT2D eigenvalue weighted by molar-refractivity contribution is 0.122. The maximum absolute atomic E-state index is 3.20. The van der Waals surface area contributed by atoms with Gasteiger partial charge >= 0.3 is 0 Å². The summed E-state index contributed by atoms with van der Waals surface area (Å²) in [6, 6.07) is 0. The summed E-state index contributed by atoms with van der Waals surface area (Å²) >= 11 is 0. The first-order valence-corrected chi connectivity index (χ1v) is 4.24. The van der Waals surface area contributed by atoms with Crippen molar-refractivity contribution in [3.05, 3.63) is 0 Å². The molecule has 0 unspecified atom stereocenters. The molecule has 0 radical (unpaired) electrons. The molecule has 0 heterocycles. The molecule has 0 aromatic rings. The van der Waals surface area contributed by atoms with Crippen LogP contribution in [0.3, 0.4) is 0 Å². The first kappa shape index (κ1) is 10.8. The van der Waals surface area contributed by atoms with Crippen LogP contribution in [-0.2, 0) is 0 Å². The van der Waals surface area contributed by atoms with Gasteiger partial charge in [0.1, 0.15) is 0 Å². The summed E-state index contributed by atoms with van der Waals surface area (Å²) in [5.74, 6) is 0. The minimum absolute atomic E-state index is 0.955. The Morgan fingerprint density at radius 1 is 1.09 bits per heavy atom. The predicted octanol–water partition coefficient (Wildman–Crippen LogP) is -0.443. The molecule has 0 atom stereocenters. The van der Waals surface area contributed by atoms with E-state index in [1.807, 2.05) is 12.2 Å². The van der Waals surface area contributed by atoms with Crippen LogP contribution in [0.25, 0.3) is 0 Å². The highest BCUT2D eigenvalue weighted by atomic mass is 15.7. The van der Waals surface area contributed by atoms with E-state index >= 15 is 0 Å². The van der Waals surface area contributed by atoms with E-state index in [0.717, 1.165) is 26.2 Å². The van der Waals surface area contributed by atoms with E-state index in [1.54, 1.807) is 0 Å². The molecular formula is C7H20N4. The number of rotatable bonds is 7. The number of hydrogen-bond donors (Lipinski definition) is 3. The summed E-state index contributed by atoms with van der Waals surface area (Å²) in [6.45, 7) is 8.04. The summed E-state index contributed by atoms with van der Waals surface area (Å²) in [6.07, 6.45) is 0. The molecule has 0 aliphatic heterocycles. The van der Waals surface area contributed by atoms with Gasteiger partial charge < -0.3 is 5.32 Å². The van der Waals surface area contributed by atoms with Crippen molar-refractivity contribution in [1.82, 2.24) is 21.3 Å². The Labute approximate surface area is 69.3 Å². The van der Waals surface area contributed by atoms with Crippen LogP contribution >= 0.6 is 0 Å². The summed E-state index contributed by atoms with van der Waals surface area (Å²) in [5, 5.41) is 5.10. The molecule has 0 fully saturated rings. The van der Waals surface area contributed by atoms with E-state index < -0.39 is 0 Å². The van der Waals surface area contributed by atoms with Gasteiger partial charge in [-0.2, -0.15) is 5.12 Å². The van der Waals surface area contributed by atoms with Crippen molar-refractivity contribution >= 4 is 0 Å². The Morgan fingerprint density at radius 3 is 2.00 bits per heavy atom. The molecular weight excluding hydrogens is 140 g/mol. The fourth-order valence-electron chi connectivity index (χ4n) is 0.819. The number of nitrogens with one attached hydrogen (secondary N) is 3. The second-order valence-electron chi connectivity index (χ2n) is 2.28. The molecule has 0 aromatic carbocycles. The van der Waals surface area contributed by atoms with Gasteiger partial charge in [-0.25, -0.2) is 10.9 Å². The SMILES string of the molecule is CCNN(CCNC)NCC. The van der Waals surface area contributed by atoms with Crippen molar-refractivity contribution in [2.45, 2.75) is 13.8 Å². The third-order valence-corrected chi connectivity index (χ3v) is 1.28. The zero-order valence-electron chi connectivity index (χ0n) is 7.78. The van der Waals surface area contributed by atoms with Crippen LogP contribution in [0, 0.1) is 0 Å². The van der Waals surface area contributed by atoms with Crippen LogP contribution in [0.15, 0.2) is 0 Å². The molecule has 0 aliphatic rings. The molecule has 0 bridgehead atoms. The van der Waals surface area contributed by atoms with Gasteiger partial charge in [0.2, 0.25) is 0 Å². The Bertz CT molecular complexity index is 70.8. The molecule has 0 amide bonds. The van der Waals surface area contributed by atoms with Crippen molar-refractivity contribution < 1.29 is 0 Å². The zero-order valence-corrected chi connectivity index (χ0v) is 7.78. The van der Waals surface area contributed by atoms with Crippen LogP contribution in [0.2, 0.25) is 0 Å². The Hall–Kier alpha value is -0.160. The third-order valence-electron chi connectivity index (χ3n) is 1.28. The number of likely N-dealkylation sites (N-methyl/N-ethyl adjacent to an activating group) is 1. The van der Waals surface area contributed by atoms with Crippen molar-refractivity contribution in [2.24, 2.45) is 0 Å². The maximum Gasteiger partial charge on any atom is 0.0413 e. The van der Waals surface area contributed by atoms with Crippen molar-refractivity contribution in [2.75, 3.05) is 33.2 Å². The molecule has 0 spiro atoms. The maximum atomic E-state index is 3.20. The summed E-state index contributed by atoms with van der Waals surface area (Å²) in [7, 11) is 1.95. The van der Waals surface area contributed by atoms with E-state index in [0.29, 0.717) is 0 Å². The van der Waals surface area contributed by atoms with Crippen LogP contribution < -0.4 is 16.2 Å². The summed E-state index contributed by atoms with van der Waals surface area (Å²) in [4.78, 5) is 0. The molecule has 4 nitrogen and oxygen atoms in total. The molecule has 4 heteroatoms. The standard InChI is InChI=1S/C7H20N4/c1-4-9-11(10-5-2)7-6-8-3/h8-10H,4-7H2,1-3H3. The van der Waals surface area contributed by atoms with Crippen molar-refractivity contribution in [3.8, 4) is 0 Å². The van der Waals surface area contributed by atoms with Crippen LogP contribution in [0.4, 0.5) is 0 Å². The first-order chi connectivity index (χ1) is 5.35. The minimum atomic E-state index is 0.955. The number of nitrogens with zero attached hydrogens (tertiary/aromatic N) is 1. The van der Waals surface area contributed by atoms with E-state index in [-0.39, 0.29) is 0 Å². The van der Waals surface area contributed by atoms with Crippen molar-refractivity contribution in [1.29, 1.82) is 0 Å². The minimum Gasteiger partial charge on any atom is -0.318 e. The fourth-order valence-corrected chi connectivity index (χ4v) is 0.819. The summed E-state index contributed by atoms with van der Waals surface area (Å²) in [5.41, 5.74) is 6.40. The smallest absolute Gasteiger partial charge is 0.0413 e.